The minimum Gasteiger partial charge on any atom is -0.492 e. The monoisotopic (exact) mass is 329 g/mol. The van der Waals surface area contributed by atoms with Gasteiger partial charge in [-0.25, -0.2) is 4.39 Å². The smallest absolute Gasteiger partial charge is 0.227 e. The number of carbonyl (C=O) groups is 1. The number of carbonyl (C=O) groups excluding carboxylic acids is 1. The van der Waals surface area contributed by atoms with Crippen LogP contribution in [0.2, 0.25) is 0 Å². The van der Waals surface area contributed by atoms with E-state index in [9.17, 15) is 14.3 Å². The van der Waals surface area contributed by atoms with E-state index < -0.39 is 12.1 Å². The molecule has 2 aromatic rings. The standard InChI is InChI=1S/C19H20FNO3/c1-12(18(22)13-6-8-16(20)9-7-13)21-19(23)15-10-14-4-2-3-5-17(14)24-11-15/h2-9,12,15,18,22H,10-11H2,1H3,(H,21,23). The normalized spacial score (nSPS) is 18.9. The Morgan fingerprint density at radius 2 is 1.96 bits per heavy atom. The summed E-state index contributed by atoms with van der Waals surface area (Å²) in [7, 11) is 0. The first kappa shape index (κ1) is 16.5. The van der Waals surface area contributed by atoms with Crippen molar-refractivity contribution in [2.45, 2.75) is 25.5 Å². The molecule has 1 aliphatic rings. The molecule has 0 saturated carbocycles. The zero-order valence-corrected chi connectivity index (χ0v) is 13.4. The number of hydrogen-bond acceptors (Lipinski definition) is 3. The maximum atomic E-state index is 13.0. The number of ether oxygens (including phenoxy) is 1. The van der Waals surface area contributed by atoms with E-state index in [2.05, 4.69) is 5.32 Å². The summed E-state index contributed by atoms with van der Waals surface area (Å²) in [5.41, 5.74) is 1.57. The van der Waals surface area contributed by atoms with Crippen molar-refractivity contribution in [3.05, 3.63) is 65.5 Å². The lowest BCUT2D eigenvalue weighted by Gasteiger charge is -2.27. The second-order valence-electron chi connectivity index (χ2n) is 6.11. The molecule has 3 rings (SSSR count). The fraction of sp³-hybridized carbons (Fsp3) is 0.316. The Morgan fingerprint density at radius 1 is 1.25 bits per heavy atom. The third-order valence-electron chi connectivity index (χ3n) is 4.30. The maximum absolute atomic E-state index is 13.0. The Hall–Kier alpha value is -2.40. The Labute approximate surface area is 140 Å². The molecule has 0 aromatic heterocycles. The van der Waals surface area contributed by atoms with E-state index in [-0.39, 0.29) is 17.6 Å². The highest BCUT2D eigenvalue weighted by Gasteiger charge is 2.28. The topological polar surface area (TPSA) is 58.6 Å². The van der Waals surface area contributed by atoms with E-state index in [0.29, 0.717) is 18.6 Å². The first-order valence-corrected chi connectivity index (χ1v) is 7.99. The number of fused-ring (bicyclic) bond motifs is 1. The van der Waals surface area contributed by atoms with E-state index in [1.54, 1.807) is 6.92 Å². The van der Waals surface area contributed by atoms with Crippen LogP contribution in [0.4, 0.5) is 4.39 Å². The van der Waals surface area contributed by atoms with Gasteiger partial charge in [-0.15, -0.1) is 0 Å². The van der Waals surface area contributed by atoms with E-state index >= 15 is 0 Å². The van der Waals surface area contributed by atoms with E-state index in [1.165, 1.54) is 24.3 Å². The molecule has 1 heterocycles. The predicted octanol–water partition coefficient (Wildman–Crippen LogP) is 2.62. The minimum absolute atomic E-state index is 0.154. The summed E-state index contributed by atoms with van der Waals surface area (Å²) in [6, 6.07) is 12.8. The number of para-hydroxylation sites is 1. The average molecular weight is 329 g/mol. The Bertz CT molecular complexity index is 717. The molecule has 1 aliphatic heterocycles. The molecule has 0 fully saturated rings. The molecular formula is C19H20FNO3. The fourth-order valence-corrected chi connectivity index (χ4v) is 2.87. The number of benzene rings is 2. The summed E-state index contributed by atoms with van der Waals surface area (Å²) >= 11 is 0. The number of amides is 1. The number of rotatable bonds is 4. The molecule has 3 unspecified atom stereocenters. The Morgan fingerprint density at radius 3 is 2.71 bits per heavy atom. The molecule has 1 amide bonds. The molecule has 4 nitrogen and oxygen atoms in total. The highest BCUT2D eigenvalue weighted by atomic mass is 19.1. The molecule has 24 heavy (non-hydrogen) atoms. The van der Waals surface area contributed by atoms with Crippen molar-refractivity contribution in [2.75, 3.05) is 6.61 Å². The molecule has 0 aliphatic carbocycles. The lowest BCUT2D eigenvalue weighted by Crippen LogP contribution is -2.43. The third kappa shape index (κ3) is 3.57. The van der Waals surface area contributed by atoms with Crippen molar-refractivity contribution in [3.8, 4) is 5.75 Å². The molecule has 2 aromatic carbocycles. The number of hydrogen-bond donors (Lipinski definition) is 2. The predicted molar refractivity (Wildman–Crippen MR) is 88.1 cm³/mol. The van der Waals surface area contributed by atoms with E-state index in [1.807, 2.05) is 24.3 Å². The van der Waals surface area contributed by atoms with Gasteiger partial charge < -0.3 is 15.2 Å². The minimum atomic E-state index is -0.897. The average Bonchev–Trinajstić information content (AvgIpc) is 2.61. The van der Waals surface area contributed by atoms with Crippen molar-refractivity contribution in [2.24, 2.45) is 5.92 Å². The van der Waals surface area contributed by atoms with Crippen LogP contribution in [0.25, 0.3) is 0 Å². The zero-order chi connectivity index (χ0) is 17.1. The Kier molecular flexibility index (Phi) is 4.81. The van der Waals surface area contributed by atoms with Crippen molar-refractivity contribution < 1.29 is 19.0 Å². The van der Waals surface area contributed by atoms with Crippen LogP contribution in [0.1, 0.15) is 24.2 Å². The second-order valence-corrected chi connectivity index (χ2v) is 6.11. The van der Waals surface area contributed by atoms with Crippen LogP contribution in [0.3, 0.4) is 0 Å². The van der Waals surface area contributed by atoms with Crippen LogP contribution in [0, 0.1) is 11.7 Å². The molecule has 5 heteroatoms. The lowest BCUT2D eigenvalue weighted by molar-refractivity contribution is -0.127. The summed E-state index contributed by atoms with van der Waals surface area (Å²) < 4.78 is 18.6. The van der Waals surface area contributed by atoms with Gasteiger partial charge in [0.15, 0.2) is 0 Å². The lowest BCUT2D eigenvalue weighted by atomic mass is 9.95. The van der Waals surface area contributed by atoms with Crippen molar-refractivity contribution in [1.29, 1.82) is 0 Å². The van der Waals surface area contributed by atoms with Gasteiger partial charge in [0.1, 0.15) is 18.2 Å². The zero-order valence-electron chi connectivity index (χ0n) is 13.4. The van der Waals surface area contributed by atoms with E-state index in [0.717, 1.165) is 11.3 Å². The van der Waals surface area contributed by atoms with Gasteiger partial charge in [-0.3, -0.25) is 4.79 Å². The van der Waals surface area contributed by atoms with E-state index in [4.69, 9.17) is 4.74 Å². The van der Waals surface area contributed by atoms with Gasteiger partial charge in [-0.05, 0) is 42.7 Å². The van der Waals surface area contributed by atoms with Gasteiger partial charge in [-0.2, -0.15) is 0 Å². The first-order chi connectivity index (χ1) is 11.5. The van der Waals surface area contributed by atoms with Crippen molar-refractivity contribution in [3.63, 3.8) is 0 Å². The number of aliphatic hydroxyl groups is 1. The van der Waals surface area contributed by atoms with Crippen LogP contribution in [0.5, 0.6) is 5.75 Å². The second kappa shape index (κ2) is 7.01. The van der Waals surface area contributed by atoms with Gasteiger partial charge in [0.25, 0.3) is 0 Å². The molecule has 2 N–H and O–H groups in total. The van der Waals surface area contributed by atoms with Crippen LogP contribution < -0.4 is 10.1 Å². The van der Waals surface area contributed by atoms with Crippen LogP contribution in [-0.2, 0) is 11.2 Å². The summed E-state index contributed by atoms with van der Waals surface area (Å²) in [5, 5.41) is 13.1. The summed E-state index contributed by atoms with van der Waals surface area (Å²) in [6.45, 7) is 2.05. The van der Waals surface area contributed by atoms with Gasteiger partial charge in [-0.1, -0.05) is 30.3 Å². The Balaban J connectivity index is 1.61. The summed E-state index contributed by atoms with van der Waals surface area (Å²) in [4.78, 5) is 12.4. The van der Waals surface area contributed by atoms with Gasteiger partial charge >= 0.3 is 0 Å². The van der Waals surface area contributed by atoms with Gasteiger partial charge in [0, 0.05) is 0 Å². The van der Waals surface area contributed by atoms with Crippen LogP contribution in [-0.4, -0.2) is 23.7 Å². The van der Waals surface area contributed by atoms with Gasteiger partial charge in [0.05, 0.1) is 18.1 Å². The molecular weight excluding hydrogens is 309 g/mol. The third-order valence-corrected chi connectivity index (χ3v) is 4.30. The molecule has 0 bridgehead atoms. The largest absolute Gasteiger partial charge is 0.492 e. The quantitative estimate of drug-likeness (QED) is 0.906. The first-order valence-electron chi connectivity index (χ1n) is 7.99. The van der Waals surface area contributed by atoms with Crippen molar-refractivity contribution >= 4 is 5.91 Å². The molecule has 0 saturated heterocycles. The summed E-state index contributed by atoms with van der Waals surface area (Å²) in [6.07, 6.45) is -0.284. The summed E-state index contributed by atoms with van der Waals surface area (Å²) in [5.74, 6) is 0.0162. The molecule has 3 atom stereocenters. The fourth-order valence-electron chi connectivity index (χ4n) is 2.87. The SMILES string of the molecule is CC(NC(=O)C1COc2ccccc2C1)C(O)c1ccc(F)cc1. The number of nitrogens with one attached hydrogen (secondary N) is 1. The highest BCUT2D eigenvalue weighted by Crippen LogP contribution is 2.27. The molecule has 126 valence electrons. The number of halogens is 1. The molecule has 0 radical (unpaired) electrons. The maximum Gasteiger partial charge on any atom is 0.227 e. The van der Waals surface area contributed by atoms with Crippen molar-refractivity contribution in [1.82, 2.24) is 5.32 Å². The number of aliphatic hydroxyl groups excluding tert-OH is 1. The van der Waals surface area contributed by atoms with Crippen LogP contribution in [0.15, 0.2) is 48.5 Å². The molecule has 0 spiro atoms. The highest BCUT2D eigenvalue weighted by molar-refractivity contribution is 5.80. The van der Waals surface area contributed by atoms with Crippen LogP contribution >= 0.6 is 0 Å². The van der Waals surface area contributed by atoms with Gasteiger partial charge in [0.2, 0.25) is 5.91 Å².